The van der Waals surface area contributed by atoms with E-state index in [1.165, 1.54) is 12.1 Å². The highest BCUT2D eigenvalue weighted by Gasteiger charge is 2.17. The molecule has 0 radical (unpaired) electrons. The predicted molar refractivity (Wildman–Crippen MR) is 76.1 cm³/mol. The van der Waals surface area contributed by atoms with Crippen molar-refractivity contribution in [1.82, 2.24) is 9.97 Å². The zero-order chi connectivity index (χ0) is 15.1. The van der Waals surface area contributed by atoms with Crippen LogP contribution >= 0.6 is 15.9 Å². The lowest BCUT2D eigenvalue weighted by atomic mass is 10.2. The van der Waals surface area contributed by atoms with Gasteiger partial charge in [0.2, 0.25) is 0 Å². The molecular formula is C14H7BrF2N2O2. The molecule has 0 saturated heterocycles. The summed E-state index contributed by atoms with van der Waals surface area (Å²) in [6.07, 6.45) is 0. The van der Waals surface area contributed by atoms with E-state index in [4.69, 9.17) is 5.11 Å². The van der Waals surface area contributed by atoms with E-state index in [-0.39, 0.29) is 28.0 Å². The van der Waals surface area contributed by atoms with Crippen molar-refractivity contribution in [2.75, 3.05) is 0 Å². The third-order valence-electron chi connectivity index (χ3n) is 2.97. The maximum Gasteiger partial charge on any atom is 0.338 e. The highest BCUT2D eigenvalue weighted by atomic mass is 79.9. The number of imidazole rings is 1. The van der Waals surface area contributed by atoms with Crippen LogP contribution in [0.2, 0.25) is 0 Å². The summed E-state index contributed by atoms with van der Waals surface area (Å²) >= 11 is 3.15. The molecule has 2 N–H and O–H groups in total. The summed E-state index contributed by atoms with van der Waals surface area (Å²) in [4.78, 5) is 17.9. The summed E-state index contributed by atoms with van der Waals surface area (Å²) in [6, 6.07) is 6.39. The van der Waals surface area contributed by atoms with E-state index in [1.54, 1.807) is 6.07 Å². The highest BCUT2D eigenvalue weighted by molar-refractivity contribution is 9.10. The molecule has 0 bridgehead atoms. The first-order chi connectivity index (χ1) is 9.95. The Labute approximate surface area is 125 Å². The van der Waals surface area contributed by atoms with Crippen LogP contribution < -0.4 is 0 Å². The molecule has 0 atom stereocenters. The Morgan fingerprint density at radius 1 is 1.24 bits per heavy atom. The summed E-state index contributed by atoms with van der Waals surface area (Å²) < 4.78 is 27.9. The van der Waals surface area contributed by atoms with Gasteiger partial charge >= 0.3 is 5.97 Å². The summed E-state index contributed by atoms with van der Waals surface area (Å²) in [6.45, 7) is 0. The first-order valence-corrected chi connectivity index (χ1v) is 6.63. The van der Waals surface area contributed by atoms with Crippen molar-refractivity contribution in [2.45, 2.75) is 0 Å². The molecule has 0 aliphatic carbocycles. The van der Waals surface area contributed by atoms with Gasteiger partial charge in [-0.15, -0.1) is 0 Å². The number of aromatic nitrogens is 2. The molecule has 21 heavy (non-hydrogen) atoms. The van der Waals surface area contributed by atoms with Crippen LogP contribution in [0.25, 0.3) is 22.4 Å². The number of hydrogen-bond acceptors (Lipinski definition) is 2. The molecule has 2 aromatic carbocycles. The highest BCUT2D eigenvalue weighted by Crippen LogP contribution is 2.27. The van der Waals surface area contributed by atoms with E-state index in [2.05, 4.69) is 25.9 Å². The van der Waals surface area contributed by atoms with Crippen LogP contribution in [0.1, 0.15) is 10.4 Å². The van der Waals surface area contributed by atoms with Crippen molar-refractivity contribution in [3.8, 4) is 11.4 Å². The molecule has 3 aromatic rings. The van der Waals surface area contributed by atoms with Crippen molar-refractivity contribution in [2.24, 2.45) is 0 Å². The van der Waals surface area contributed by atoms with Gasteiger partial charge in [0.1, 0.15) is 23.0 Å². The lowest BCUT2D eigenvalue weighted by Crippen LogP contribution is -1.98. The van der Waals surface area contributed by atoms with Crippen LogP contribution in [-0.4, -0.2) is 21.0 Å². The Morgan fingerprint density at radius 3 is 2.67 bits per heavy atom. The molecule has 0 aliphatic heterocycles. The van der Waals surface area contributed by atoms with Gasteiger partial charge in [-0.2, -0.15) is 0 Å². The fourth-order valence-corrected chi connectivity index (χ4v) is 2.39. The number of halogens is 3. The Bertz CT molecular complexity index is 877. The predicted octanol–water partition coefficient (Wildman–Crippen LogP) is 3.97. The molecule has 1 aromatic heterocycles. The average molecular weight is 353 g/mol. The number of fused-ring (bicyclic) bond motifs is 1. The number of aromatic carboxylic acids is 1. The van der Waals surface area contributed by atoms with Crippen LogP contribution in [0.5, 0.6) is 0 Å². The van der Waals surface area contributed by atoms with Crippen molar-refractivity contribution >= 4 is 32.9 Å². The topological polar surface area (TPSA) is 66.0 Å². The summed E-state index contributed by atoms with van der Waals surface area (Å²) in [7, 11) is 0. The number of benzene rings is 2. The second-order valence-corrected chi connectivity index (χ2v) is 5.28. The SMILES string of the molecule is O=C(O)c1cc(F)cc2[nH]c(-c3ccc(Br)cc3F)nc12. The number of rotatable bonds is 2. The zero-order valence-corrected chi connectivity index (χ0v) is 11.9. The third kappa shape index (κ3) is 2.40. The maximum absolute atomic E-state index is 13.9. The molecule has 0 aliphatic rings. The lowest BCUT2D eigenvalue weighted by molar-refractivity contribution is 0.0698. The molecule has 0 spiro atoms. The van der Waals surface area contributed by atoms with E-state index in [0.29, 0.717) is 4.47 Å². The van der Waals surface area contributed by atoms with Gasteiger partial charge in [0.05, 0.1) is 16.6 Å². The van der Waals surface area contributed by atoms with Gasteiger partial charge in [-0.05, 0) is 30.3 Å². The molecule has 0 saturated carbocycles. The summed E-state index contributed by atoms with van der Waals surface area (Å²) in [5.41, 5.74) is 0.183. The Hall–Kier alpha value is -2.28. The van der Waals surface area contributed by atoms with E-state index in [0.717, 1.165) is 12.1 Å². The molecule has 0 amide bonds. The molecule has 3 rings (SSSR count). The van der Waals surface area contributed by atoms with Gasteiger partial charge in [-0.1, -0.05) is 15.9 Å². The van der Waals surface area contributed by atoms with E-state index < -0.39 is 17.6 Å². The fourth-order valence-electron chi connectivity index (χ4n) is 2.05. The second-order valence-electron chi connectivity index (χ2n) is 4.36. The molecule has 106 valence electrons. The normalized spacial score (nSPS) is 11.0. The van der Waals surface area contributed by atoms with Gasteiger partial charge < -0.3 is 10.1 Å². The number of hydrogen-bond donors (Lipinski definition) is 2. The van der Waals surface area contributed by atoms with Gasteiger partial charge in [-0.3, -0.25) is 0 Å². The van der Waals surface area contributed by atoms with Crippen LogP contribution in [0.4, 0.5) is 8.78 Å². The second kappa shape index (κ2) is 4.92. The Balaban J connectivity index is 2.26. The van der Waals surface area contributed by atoms with Crippen LogP contribution in [-0.2, 0) is 0 Å². The molecule has 0 fully saturated rings. The minimum Gasteiger partial charge on any atom is -0.478 e. The lowest BCUT2D eigenvalue weighted by Gasteiger charge is -1.99. The number of carboxylic acid groups (broad SMARTS) is 1. The van der Waals surface area contributed by atoms with Crippen molar-refractivity contribution in [1.29, 1.82) is 0 Å². The van der Waals surface area contributed by atoms with Crippen molar-refractivity contribution in [3.63, 3.8) is 0 Å². The minimum atomic E-state index is -1.30. The number of aromatic amines is 1. The minimum absolute atomic E-state index is 0.0845. The molecule has 0 unspecified atom stereocenters. The van der Waals surface area contributed by atoms with E-state index >= 15 is 0 Å². The number of carboxylic acids is 1. The number of nitrogens with one attached hydrogen (secondary N) is 1. The quantitative estimate of drug-likeness (QED) is 0.733. The standard InChI is InChI=1S/C14H7BrF2N2O2/c15-6-1-2-8(10(17)3-6)13-18-11-5-7(16)4-9(14(20)21)12(11)19-13/h1-5H,(H,18,19)(H,20,21). The van der Waals surface area contributed by atoms with E-state index in [1.807, 2.05) is 0 Å². The summed E-state index contributed by atoms with van der Waals surface area (Å²) in [5, 5.41) is 9.08. The van der Waals surface area contributed by atoms with Gasteiger partial charge in [-0.25, -0.2) is 18.6 Å². The smallest absolute Gasteiger partial charge is 0.338 e. The number of nitrogens with zero attached hydrogens (tertiary/aromatic N) is 1. The maximum atomic E-state index is 13.9. The van der Waals surface area contributed by atoms with E-state index in [9.17, 15) is 13.6 Å². The van der Waals surface area contributed by atoms with Gasteiger partial charge in [0, 0.05) is 4.47 Å². The number of H-pyrrole nitrogens is 1. The molecular weight excluding hydrogens is 346 g/mol. The van der Waals surface area contributed by atoms with Crippen molar-refractivity contribution < 1.29 is 18.7 Å². The van der Waals surface area contributed by atoms with Gasteiger partial charge in [0.25, 0.3) is 0 Å². The fraction of sp³-hybridized carbons (Fsp3) is 0. The summed E-state index contributed by atoms with van der Waals surface area (Å²) in [5.74, 6) is -2.39. The van der Waals surface area contributed by atoms with Crippen LogP contribution in [0.3, 0.4) is 0 Å². The zero-order valence-electron chi connectivity index (χ0n) is 10.3. The first kappa shape index (κ1) is 13.7. The third-order valence-corrected chi connectivity index (χ3v) is 3.46. The molecule has 7 heteroatoms. The molecule has 4 nitrogen and oxygen atoms in total. The molecule has 1 heterocycles. The monoisotopic (exact) mass is 352 g/mol. The largest absolute Gasteiger partial charge is 0.478 e. The van der Waals surface area contributed by atoms with Crippen LogP contribution in [0, 0.1) is 11.6 Å². The Kier molecular flexibility index (Phi) is 3.21. The van der Waals surface area contributed by atoms with Gasteiger partial charge in [0.15, 0.2) is 0 Å². The van der Waals surface area contributed by atoms with Crippen LogP contribution in [0.15, 0.2) is 34.8 Å². The average Bonchev–Trinajstić information content (AvgIpc) is 2.80. The Morgan fingerprint density at radius 2 is 2.00 bits per heavy atom. The number of carbonyl (C=O) groups is 1. The first-order valence-electron chi connectivity index (χ1n) is 5.83. The van der Waals surface area contributed by atoms with Crippen molar-refractivity contribution in [3.05, 3.63) is 52.0 Å².